The zero-order valence-corrected chi connectivity index (χ0v) is 16.1. The minimum absolute atomic E-state index is 0.0604. The van der Waals surface area contributed by atoms with Gasteiger partial charge in [0.25, 0.3) is 5.91 Å². The Hall–Kier alpha value is -1.40. The normalized spacial score (nSPS) is 25.2. The van der Waals surface area contributed by atoms with Crippen LogP contribution in [0.4, 0.5) is 0 Å². The fourth-order valence-corrected chi connectivity index (χ4v) is 4.50. The van der Waals surface area contributed by atoms with Gasteiger partial charge in [0.15, 0.2) is 5.60 Å². The number of carbonyl (C=O) groups excluding carboxylic acids is 1. The molecule has 6 nitrogen and oxygen atoms in total. The van der Waals surface area contributed by atoms with Crippen molar-refractivity contribution in [3.63, 3.8) is 0 Å². The second-order valence-corrected chi connectivity index (χ2v) is 8.31. The first-order chi connectivity index (χ1) is 12.6. The molecule has 1 atom stereocenters. The first-order valence-electron chi connectivity index (χ1n) is 10.2. The van der Waals surface area contributed by atoms with Crippen LogP contribution in [-0.2, 0) is 11.2 Å². The van der Waals surface area contributed by atoms with Crippen LogP contribution in [0.25, 0.3) is 0 Å². The lowest BCUT2D eigenvalue weighted by Gasteiger charge is -2.40. The molecule has 1 saturated heterocycles. The van der Waals surface area contributed by atoms with Crippen molar-refractivity contribution in [1.29, 1.82) is 0 Å². The van der Waals surface area contributed by atoms with Gasteiger partial charge in [-0.05, 0) is 44.2 Å². The van der Waals surface area contributed by atoms with Crippen LogP contribution in [0.15, 0.2) is 12.4 Å². The highest BCUT2D eigenvalue weighted by atomic mass is 16.3. The van der Waals surface area contributed by atoms with E-state index in [2.05, 4.69) is 15.1 Å². The number of H-pyrrole nitrogens is 1. The van der Waals surface area contributed by atoms with Gasteiger partial charge in [0.2, 0.25) is 0 Å². The van der Waals surface area contributed by atoms with E-state index in [9.17, 15) is 9.90 Å². The van der Waals surface area contributed by atoms with Crippen LogP contribution in [0.5, 0.6) is 0 Å². The summed E-state index contributed by atoms with van der Waals surface area (Å²) < 4.78 is 0. The third kappa shape index (κ3) is 5.07. The highest BCUT2D eigenvalue weighted by molar-refractivity contribution is 5.86. The molecule has 2 fully saturated rings. The smallest absolute Gasteiger partial charge is 0.255 e. The molecule has 1 amide bonds. The number of aromatic amines is 1. The summed E-state index contributed by atoms with van der Waals surface area (Å²) in [6.45, 7) is 2.82. The first-order valence-corrected chi connectivity index (χ1v) is 10.2. The third-order valence-electron chi connectivity index (χ3n) is 6.10. The minimum atomic E-state index is -1.23. The zero-order valence-electron chi connectivity index (χ0n) is 16.1. The van der Waals surface area contributed by atoms with Crippen molar-refractivity contribution in [2.75, 3.05) is 33.2 Å². The Balaban J connectivity index is 1.48. The molecule has 0 bridgehead atoms. The van der Waals surface area contributed by atoms with Crippen molar-refractivity contribution in [2.45, 2.75) is 63.4 Å². The van der Waals surface area contributed by atoms with Gasteiger partial charge < -0.3 is 14.9 Å². The summed E-state index contributed by atoms with van der Waals surface area (Å²) in [7, 11) is 1.98. The molecule has 0 spiro atoms. The Kier molecular flexibility index (Phi) is 6.70. The van der Waals surface area contributed by atoms with Crippen molar-refractivity contribution in [1.82, 2.24) is 20.0 Å². The predicted octanol–water partition coefficient (Wildman–Crippen LogP) is 2.21. The van der Waals surface area contributed by atoms with Crippen LogP contribution in [-0.4, -0.2) is 69.8 Å². The second kappa shape index (κ2) is 9.00. The first kappa shape index (κ1) is 19.4. The van der Waals surface area contributed by atoms with Crippen LogP contribution >= 0.6 is 0 Å². The van der Waals surface area contributed by atoms with Crippen LogP contribution < -0.4 is 0 Å². The number of aromatic nitrogens is 2. The van der Waals surface area contributed by atoms with Gasteiger partial charge in [-0.15, -0.1) is 0 Å². The number of aliphatic hydroxyl groups is 1. The molecule has 2 N–H and O–H groups in total. The molecule has 2 aliphatic rings. The lowest BCUT2D eigenvalue weighted by atomic mass is 9.86. The summed E-state index contributed by atoms with van der Waals surface area (Å²) in [5.41, 5.74) is -0.0800. The highest BCUT2D eigenvalue weighted by Crippen LogP contribution is 2.28. The SMILES string of the molecule is CN(CCc1cn[nH]c1)CC1(O)CCCN(CCC2CCCCC2)C1=O. The van der Waals surface area contributed by atoms with Gasteiger partial charge in [-0.2, -0.15) is 5.10 Å². The predicted molar refractivity (Wildman–Crippen MR) is 102 cm³/mol. The molecule has 1 aromatic rings. The standard InChI is InChI=1S/C20H34N4O2/c1-23(12-8-18-14-21-22-15-18)16-20(26)10-5-11-24(19(20)25)13-9-17-6-3-2-4-7-17/h14-15,17,26H,2-13,16H2,1H3,(H,21,22). The molecule has 26 heavy (non-hydrogen) atoms. The monoisotopic (exact) mass is 362 g/mol. The number of carbonyl (C=O) groups is 1. The maximum absolute atomic E-state index is 12.9. The van der Waals surface area contributed by atoms with E-state index in [1.807, 2.05) is 24.3 Å². The number of hydrogen-bond acceptors (Lipinski definition) is 4. The summed E-state index contributed by atoms with van der Waals surface area (Å²) >= 11 is 0. The molecule has 1 saturated carbocycles. The Labute approximate surface area is 156 Å². The maximum atomic E-state index is 12.9. The summed E-state index contributed by atoms with van der Waals surface area (Å²) in [5.74, 6) is 0.707. The molecule has 0 aromatic carbocycles. The van der Waals surface area contributed by atoms with E-state index in [4.69, 9.17) is 0 Å². The van der Waals surface area contributed by atoms with Crippen LogP contribution in [0.2, 0.25) is 0 Å². The molecule has 6 heteroatoms. The Morgan fingerprint density at radius 2 is 2.15 bits per heavy atom. The van der Waals surface area contributed by atoms with Crippen molar-refractivity contribution in [2.24, 2.45) is 5.92 Å². The van der Waals surface area contributed by atoms with Crippen molar-refractivity contribution >= 4 is 5.91 Å². The number of rotatable bonds is 8. The molecule has 2 heterocycles. The number of likely N-dealkylation sites (N-methyl/N-ethyl adjacent to an activating group) is 1. The van der Waals surface area contributed by atoms with E-state index < -0.39 is 5.60 Å². The number of nitrogens with one attached hydrogen (secondary N) is 1. The van der Waals surface area contributed by atoms with Gasteiger partial charge >= 0.3 is 0 Å². The van der Waals surface area contributed by atoms with Gasteiger partial charge in [0, 0.05) is 32.4 Å². The average Bonchev–Trinajstić information content (AvgIpc) is 3.16. The Morgan fingerprint density at radius 3 is 2.88 bits per heavy atom. The largest absolute Gasteiger partial charge is 0.379 e. The van der Waals surface area contributed by atoms with E-state index in [1.54, 1.807) is 0 Å². The Bertz CT molecular complexity index is 556. The number of likely N-dealkylation sites (tertiary alicyclic amines) is 1. The summed E-state index contributed by atoms with van der Waals surface area (Å²) in [6, 6.07) is 0. The summed E-state index contributed by atoms with van der Waals surface area (Å²) in [5, 5.41) is 17.8. The third-order valence-corrected chi connectivity index (χ3v) is 6.10. The lowest BCUT2D eigenvalue weighted by Crippen LogP contribution is -2.58. The fraction of sp³-hybridized carbons (Fsp3) is 0.800. The molecular weight excluding hydrogens is 328 g/mol. The number of amides is 1. The van der Waals surface area contributed by atoms with Gasteiger partial charge in [-0.25, -0.2) is 0 Å². The Morgan fingerprint density at radius 1 is 1.35 bits per heavy atom. The van der Waals surface area contributed by atoms with Gasteiger partial charge in [-0.1, -0.05) is 32.1 Å². The molecule has 0 radical (unpaired) electrons. The molecular formula is C20H34N4O2. The van der Waals surface area contributed by atoms with Gasteiger partial charge in [0.05, 0.1) is 6.20 Å². The lowest BCUT2D eigenvalue weighted by molar-refractivity contribution is -0.159. The minimum Gasteiger partial charge on any atom is -0.379 e. The van der Waals surface area contributed by atoms with E-state index in [-0.39, 0.29) is 5.91 Å². The second-order valence-electron chi connectivity index (χ2n) is 8.31. The van der Waals surface area contributed by atoms with E-state index in [0.717, 1.165) is 50.4 Å². The average molecular weight is 363 g/mol. The highest BCUT2D eigenvalue weighted by Gasteiger charge is 2.42. The fourth-order valence-electron chi connectivity index (χ4n) is 4.50. The van der Waals surface area contributed by atoms with Gasteiger partial charge in [-0.3, -0.25) is 9.89 Å². The quantitative estimate of drug-likeness (QED) is 0.744. The van der Waals surface area contributed by atoms with Gasteiger partial charge in [0.1, 0.15) is 0 Å². The van der Waals surface area contributed by atoms with E-state index in [0.29, 0.717) is 13.0 Å². The summed E-state index contributed by atoms with van der Waals surface area (Å²) in [4.78, 5) is 16.9. The van der Waals surface area contributed by atoms with E-state index in [1.165, 1.54) is 32.1 Å². The molecule has 1 aliphatic heterocycles. The maximum Gasteiger partial charge on any atom is 0.255 e. The number of hydrogen-bond donors (Lipinski definition) is 2. The molecule has 1 aliphatic carbocycles. The van der Waals surface area contributed by atoms with Crippen molar-refractivity contribution in [3.8, 4) is 0 Å². The molecule has 3 rings (SSSR count). The van der Waals surface area contributed by atoms with Crippen LogP contribution in [0.3, 0.4) is 0 Å². The summed E-state index contributed by atoms with van der Waals surface area (Å²) in [6.07, 6.45) is 13.8. The molecule has 1 unspecified atom stereocenters. The van der Waals surface area contributed by atoms with Crippen molar-refractivity contribution in [3.05, 3.63) is 18.0 Å². The topological polar surface area (TPSA) is 72.5 Å². The molecule has 1 aromatic heterocycles. The number of nitrogens with zero attached hydrogens (tertiary/aromatic N) is 3. The molecule has 146 valence electrons. The number of piperidine rings is 1. The van der Waals surface area contributed by atoms with Crippen LogP contribution in [0, 0.1) is 5.92 Å². The van der Waals surface area contributed by atoms with E-state index >= 15 is 0 Å². The van der Waals surface area contributed by atoms with Crippen LogP contribution in [0.1, 0.15) is 56.9 Å². The zero-order chi connectivity index (χ0) is 18.4. The van der Waals surface area contributed by atoms with Crippen molar-refractivity contribution < 1.29 is 9.90 Å².